The maximum Gasteiger partial charge on any atom is 0.282 e. The van der Waals surface area contributed by atoms with Crippen molar-refractivity contribution in [3.05, 3.63) is 49.0 Å². The lowest BCUT2D eigenvalue weighted by Crippen LogP contribution is -2.48. The van der Waals surface area contributed by atoms with Gasteiger partial charge in [0, 0.05) is 38.8 Å². The highest BCUT2D eigenvalue weighted by molar-refractivity contribution is 9.10. The molecule has 0 spiro atoms. The van der Waals surface area contributed by atoms with Crippen LogP contribution in [0.2, 0.25) is 10.0 Å². The Labute approximate surface area is 199 Å². The van der Waals surface area contributed by atoms with Crippen molar-refractivity contribution in [1.82, 2.24) is 10.4 Å². The van der Waals surface area contributed by atoms with E-state index in [9.17, 15) is 4.79 Å². The third-order valence-electron chi connectivity index (χ3n) is 5.54. The minimum Gasteiger partial charge on any atom is -0.284 e. The molecule has 1 N–H and O–H groups in total. The molecule has 0 unspecified atom stereocenters. The Balaban J connectivity index is 1.70. The Morgan fingerprint density at radius 2 is 2.03 bits per heavy atom. The summed E-state index contributed by atoms with van der Waals surface area (Å²) in [6.07, 6.45) is 4.20. The minimum absolute atomic E-state index is 0.0490. The van der Waals surface area contributed by atoms with Crippen molar-refractivity contribution >= 4 is 67.8 Å². The molecule has 1 aromatic carbocycles. The molecular formula is C21H23BrCl2N4OS. The third kappa shape index (κ3) is 4.55. The van der Waals surface area contributed by atoms with E-state index in [0.29, 0.717) is 15.8 Å². The molecule has 9 heteroatoms. The van der Waals surface area contributed by atoms with Gasteiger partial charge in [0.25, 0.3) is 5.91 Å². The summed E-state index contributed by atoms with van der Waals surface area (Å²) in [6, 6.07) is 7.36. The molecule has 0 radical (unpaired) electrons. The maximum absolute atomic E-state index is 13.2. The van der Waals surface area contributed by atoms with E-state index in [0.717, 1.165) is 47.4 Å². The summed E-state index contributed by atoms with van der Waals surface area (Å²) in [4.78, 5) is 14.3. The van der Waals surface area contributed by atoms with Crippen molar-refractivity contribution < 1.29 is 4.79 Å². The number of benzene rings is 1. The smallest absolute Gasteiger partial charge is 0.282 e. The molecule has 1 saturated heterocycles. The van der Waals surface area contributed by atoms with Gasteiger partial charge in [-0.15, -0.1) is 11.3 Å². The molecule has 2 aliphatic rings. The monoisotopic (exact) mass is 528 g/mol. The molecule has 2 aliphatic heterocycles. The Bertz CT molecular complexity index is 960. The molecule has 0 aliphatic carbocycles. The highest BCUT2D eigenvalue weighted by atomic mass is 79.9. The van der Waals surface area contributed by atoms with Gasteiger partial charge in [-0.3, -0.25) is 15.2 Å². The second-order valence-electron chi connectivity index (χ2n) is 7.54. The molecule has 5 nitrogen and oxygen atoms in total. The number of hydrogen-bond acceptors (Lipinski definition) is 5. The predicted molar refractivity (Wildman–Crippen MR) is 128 cm³/mol. The fourth-order valence-corrected chi connectivity index (χ4v) is 6.17. The van der Waals surface area contributed by atoms with Crippen LogP contribution in [0, 0.1) is 5.92 Å². The predicted octanol–water partition coefficient (Wildman–Crippen LogP) is 6.28. The summed E-state index contributed by atoms with van der Waals surface area (Å²) in [5.41, 5.74) is 4.37. The molecule has 1 amide bonds. The summed E-state index contributed by atoms with van der Waals surface area (Å²) in [6.45, 7) is 3.85. The standard InChI is InChI=1S/C21H23BrCl2N4OS/c1-2-15-19(21(29)26-27-8-4-3-5-9-27)25-28(17-7-6-14(23)11-16(17)24)20(15)18-10-13(22)12-30-18/h6-7,10-12,15,20H,2-5,8-9H2,1H3,(H,26,29)/t15-,20-/m0/s1. The van der Waals surface area contributed by atoms with Gasteiger partial charge in [-0.05, 0) is 59.5 Å². The number of rotatable bonds is 5. The van der Waals surface area contributed by atoms with Crippen molar-refractivity contribution in [2.75, 3.05) is 18.1 Å². The van der Waals surface area contributed by atoms with Gasteiger partial charge in [-0.2, -0.15) is 5.10 Å². The van der Waals surface area contributed by atoms with E-state index in [-0.39, 0.29) is 17.9 Å². The van der Waals surface area contributed by atoms with Gasteiger partial charge in [0.2, 0.25) is 0 Å². The van der Waals surface area contributed by atoms with Gasteiger partial charge in [0.05, 0.1) is 16.8 Å². The second kappa shape index (κ2) is 9.57. The number of piperidine rings is 1. The van der Waals surface area contributed by atoms with Gasteiger partial charge in [0.15, 0.2) is 0 Å². The molecule has 1 fully saturated rings. The summed E-state index contributed by atoms with van der Waals surface area (Å²) in [7, 11) is 0. The Morgan fingerprint density at radius 3 is 2.67 bits per heavy atom. The van der Waals surface area contributed by atoms with E-state index in [4.69, 9.17) is 28.3 Å². The first kappa shape index (κ1) is 22.1. The lowest BCUT2D eigenvalue weighted by atomic mass is 9.91. The average Bonchev–Trinajstić information content (AvgIpc) is 3.32. The van der Waals surface area contributed by atoms with Crippen LogP contribution in [0.25, 0.3) is 0 Å². The molecular weight excluding hydrogens is 507 g/mol. The lowest BCUT2D eigenvalue weighted by molar-refractivity contribution is -0.120. The minimum atomic E-state index is -0.128. The maximum atomic E-state index is 13.2. The van der Waals surface area contributed by atoms with Gasteiger partial charge in [-0.25, -0.2) is 5.01 Å². The highest BCUT2D eigenvalue weighted by Crippen LogP contribution is 2.45. The molecule has 1 aromatic heterocycles. The van der Waals surface area contributed by atoms with E-state index >= 15 is 0 Å². The summed E-state index contributed by atoms with van der Waals surface area (Å²) >= 11 is 17.8. The van der Waals surface area contributed by atoms with Crippen LogP contribution in [-0.2, 0) is 4.79 Å². The number of hydrazone groups is 1. The fraction of sp³-hybridized carbons (Fsp3) is 0.429. The van der Waals surface area contributed by atoms with Crippen molar-refractivity contribution in [3.63, 3.8) is 0 Å². The van der Waals surface area contributed by atoms with E-state index in [1.54, 1.807) is 23.5 Å². The SMILES string of the molecule is CC[C@H]1C(C(=O)NN2CCCCC2)=NN(c2ccc(Cl)cc2Cl)[C@@H]1c1cc(Br)cs1. The lowest BCUT2D eigenvalue weighted by Gasteiger charge is -2.28. The van der Waals surface area contributed by atoms with Gasteiger partial charge >= 0.3 is 0 Å². The van der Waals surface area contributed by atoms with Crippen LogP contribution in [0.4, 0.5) is 5.69 Å². The number of hydrazine groups is 1. The van der Waals surface area contributed by atoms with Crippen LogP contribution in [0.5, 0.6) is 0 Å². The fourth-order valence-electron chi connectivity index (χ4n) is 4.08. The molecule has 160 valence electrons. The van der Waals surface area contributed by atoms with Crippen LogP contribution >= 0.6 is 50.5 Å². The molecule has 2 aromatic rings. The molecule has 0 bridgehead atoms. The quantitative estimate of drug-likeness (QED) is 0.496. The molecule has 30 heavy (non-hydrogen) atoms. The number of nitrogens with one attached hydrogen (secondary N) is 1. The number of amides is 1. The largest absolute Gasteiger partial charge is 0.284 e. The first-order chi connectivity index (χ1) is 14.5. The highest BCUT2D eigenvalue weighted by Gasteiger charge is 2.42. The van der Waals surface area contributed by atoms with Gasteiger partial charge < -0.3 is 0 Å². The van der Waals surface area contributed by atoms with Crippen molar-refractivity contribution in [1.29, 1.82) is 0 Å². The molecule has 0 saturated carbocycles. The zero-order chi connectivity index (χ0) is 21.3. The Kier molecular flexibility index (Phi) is 7.05. The number of carbonyl (C=O) groups is 1. The molecule has 3 heterocycles. The number of nitrogens with zero attached hydrogens (tertiary/aromatic N) is 3. The first-order valence-corrected chi connectivity index (χ1v) is 12.5. The van der Waals surface area contributed by atoms with Crippen molar-refractivity contribution in [2.24, 2.45) is 11.0 Å². The van der Waals surface area contributed by atoms with E-state index < -0.39 is 0 Å². The average molecular weight is 530 g/mol. The topological polar surface area (TPSA) is 47.9 Å². The van der Waals surface area contributed by atoms with E-state index in [1.165, 1.54) is 6.42 Å². The summed E-state index contributed by atoms with van der Waals surface area (Å²) in [5.74, 6) is -0.177. The van der Waals surface area contributed by atoms with Crippen LogP contribution in [0.3, 0.4) is 0 Å². The van der Waals surface area contributed by atoms with Crippen LogP contribution < -0.4 is 10.4 Å². The van der Waals surface area contributed by atoms with Gasteiger partial charge in [-0.1, -0.05) is 36.5 Å². The molecule has 2 atom stereocenters. The summed E-state index contributed by atoms with van der Waals surface area (Å²) < 4.78 is 1.02. The van der Waals surface area contributed by atoms with Crippen LogP contribution in [0.15, 0.2) is 39.2 Å². The van der Waals surface area contributed by atoms with Crippen LogP contribution in [-0.4, -0.2) is 29.7 Å². The number of carbonyl (C=O) groups excluding carboxylic acids is 1. The Hall–Kier alpha value is -1.12. The normalized spacial score (nSPS) is 22.3. The number of anilines is 1. The van der Waals surface area contributed by atoms with Crippen LogP contribution in [0.1, 0.15) is 43.5 Å². The van der Waals surface area contributed by atoms with E-state index in [2.05, 4.69) is 39.7 Å². The zero-order valence-corrected chi connectivity index (χ0v) is 20.5. The number of thiophene rings is 1. The molecule has 4 rings (SSSR count). The zero-order valence-electron chi connectivity index (χ0n) is 16.6. The first-order valence-electron chi connectivity index (χ1n) is 10.1. The second-order valence-corrected chi connectivity index (χ2v) is 10.2. The summed E-state index contributed by atoms with van der Waals surface area (Å²) in [5, 5.41) is 11.8. The number of hydrogen-bond donors (Lipinski definition) is 1. The van der Waals surface area contributed by atoms with Gasteiger partial charge in [0.1, 0.15) is 5.71 Å². The van der Waals surface area contributed by atoms with E-state index in [1.807, 2.05) is 16.1 Å². The number of halogens is 3. The third-order valence-corrected chi connectivity index (χ3v) is 7.84. The van der Waals surface area contributed by atoms with Crippen molar-refractivity contribution in [2.45, 2.75) is 38.6 Å². The Morgan fingerprint density at radius 1 is 1.27 bits per heavy atom. The van der Waals surface area contributed by atoms with Crippen molar-refractivity contribution in [3.8, 4) is 0 Å².